The number of ether oxygens (including phenoxy) is 1. The van der Waals surface area contributed by atoms with E-state index < -0.39 is 100.0 Å². The summed E-state index contributed by atoms with van der Waals surface area (Å²) in [4.78, 5) is 3.74. The third-order valence-electron chi connectivity index (χ3n) is 22.9. The first kappa shape index (κ1) is 115. The maximum Gasteiger partial charge on any atom is 1.00 e. The molecule has 12 rings (SSSR count). The fourth-order valence-corrected chi connectivity index (χ4v) is 20.2. The predicted octanol–water partition coefficient (Wildman–Crippen LogP) is 4.53. The summed E-state index contributed by atoms with van der Waals surface area (Å²) in [5, 5.41) is 9.25. The third kappa shape index (κ3) is 30.4. The maximum atomic E-state index is 12.1. The monoisotopic (exact) mass is 1930 g/mol. The first-order chi connectivity index (χ1) is 56.5. The Labute approximate surface area is 853 Å². The molecule has 6 aromatic rings. The fraction of sp³-hybridized carbons (Fsp3) is 0.407. The minimum absolute atomic E-state index is 0. The van der Waals surface area contributed by atoms with Crippen molar-refractivity contribution in [3.8, 4) is 11.5 Å². The van der Waals surface area contributed by atoms with Crippen LogP contribution in [0.15, 0.2) is 236 Å². The molecule has 0 atom stereocenters. The van der Waals surface area contributed by atoms with Crippen LogP contribution in [0.4, 0.5) is 22.7 Å². The summed E-state index contributed by atoms with van der Waals surface area (Å²) in [5.74, 6) is -0.138. The van der Waals surface area contributed by atoms with Gasteiger partial charge in [-0.15, -0.1) is 0 Å². The standard InChI is InChI=1S/C45H54N2O10S3.C39H49ClN2O9S3.C6H6O.CH4.4Na.H2S/c1-32-18-22-39-37(30-32)44(2,3)41(46(39)26-9-11-28-58(48,49)50)24-19-33-14-13-15-34(43(33)57-35-16-7-6-8-17-35)20-25-42-45(4,5)38-31-36(60(54,55)56)21-23-40(38)47(42)27-10-12-29-59(51,52)53;1-27-13-17-33-31(25-27)38(2,3)35(41(33)21-6-8-23-52(43,44)45)19-14-28-11-10-12-29(37(28)40)15-20-36-39(4,5)32-26-30(54(49,50)51)16-18-34(32)42(36)22-7-9-24-53(46,47)48;7-6-4-2-1-3-5-6;;;;;;/h6-8,16-25,30-31H,9-15,26-29H2,1-5H3,(H2-,48,49,50,51,52,53,54,55,56);13-20,25-26H,6-12,21-24H2,1-5H3,(H2-,43,44,45,46,47,48,49,50,51);1-5,7H;1H4;;;;;1H2/q;;;;4*+1;/p-4. The van der Waals surface area contributed by atoms with E-state index in [1.54, 1.807) is 36.4 Å². The van der Waals surface area contributed by atoms with E-state index >= 15 is 0 Å². The Morgan fingerprint density at radius 2 is 0.787 bits per heavy atom. The Kier molecular flexibility index (Phi) is 43.4. The summed E-state index contributed by atoms with van der Waals surface area (Å²) in [6, 6.07) is 39.4. The molecule has 4 aliphatic heterocycles. The Hall–Kier alpha value is -4.12. The summed E-state index contributed by atoms with van der Waals surface area (Å²) < 4.78 is 218. The van der Waals surface area contributed by atoms with Gasteiger partial charge in [-0.3, -0.25) is 0 Å². The van der Waals surface area contributed by atoms with Crippen molar-refractivity contribution in [2.45, 2.75) is 198 Å². The molecule has 0 unspecified atom stereocenters. The number of hydrogen-bond donors (Lipinski definition) is 1. The van der Waals surface area contributed by atoms with Crippen molar-refractivity contribution < 1.29 is 215 Å². The number of aromatic hydroxyl groups is 1. The molecule has 0 radical (unpaired) electrons. The van der Waals surface area contributed by atoms with Crippen molar-refractivity contribution in [3.63, 3.8) is 0 Å². The van der Waals surface area contributed by atoms with Crippen molar-refractivity contribution in [1.29, 1.82) is 0 Å². The van der Waals surface area contributed by atoms with Crippen LogP contribution in [0.25, 0.3) is 0 Å². The summed E-state index contributed by atoms with van der Waals surface area (Å²) in [6.45, 7) is 22.3. The van der Waals surface area contributed by atoms with E-state index in [0.29, 0.717) is 103 Å². The molecule has 2 aliphatic carbocycles. The number of aryl methyl sites for hydroxylation is 2. The molecule has 4 heterocycles. The number of fused-ring (bicyclic) bond motifs is 4. The van der Waals surface area contributed by atoms with Gasteiger partial charge in [0, 0.05) is 123 Å². The van der Waals surface area contributed by atoms with Crippen molar-refractivity contribution in [1.82, 2.24) is 0 Å². The second-order valence-electron chi connectivity index (χ2n) is 33.4. The average molecular weight is 1930 g/mol. The molecule has 36 heteroatoms. The van der Waals surface area contributed by atoms with E-state index in [0.717, 1.165) is 111 Å². The molecule has 0 saturated carbocycles. The van der Waals surface area contributed by atoms with E-state index in [9.17, 15) is 77.8 Å². The number of allylic oxidation sites excluding steroid dienone is 15. The molecule has 0 saturated heterocycles. The van der Waals surface area contributed by atoms with Gasteiger partial charge in [-0.25, -0.2) is 50.5 Å². The Bertz CT molecular complexity index is 6030. The first-order valence-electron chi connectivity index (χ1n) is 40.3. The SMILES string of the molecule is C.Cc1ccc2c(c1)C(C)(C)C(=CC=C1CCCC(C=CC3=[N+](CCCCS(=O)(=O)[O-])c4ccc(S(=O)(=O)[O-])cc4C3(C)C)=C1Cl)N2CCCCS(=O)(=O)[O-].Cc1ccc2c(c1)C(C)(C)C(=CC=C1CCCC(C=CC3=[N+](CCCCS(=O)(=O)[O-])c4ccc(S(=O)(=O)[O-])cc4C3(C)C)=C1Oc1ccccc1)N2CCCCS(=O)(=O)[O-].Oc1ccccc1.S.[Na+].[Na+].[Na+].[Na+]. The third-order valence-corrected chi connectivity index (χ3v) is 28.2. The molecular weight excluding hydrogens is 1820 g/mol. The molecule has 0 amide bonds. The predicted molar refractivity (Wildman–Crippen MR) is 483 cm³/mol. The number of anilines is 2. The van der Waals surface area contributed by atoms with Gasteiger partial charge in [-0.05, 0) is 231 Å². The number of hydrogen-bond acceptors (Lipinski definition) is 22. The van der Waals surface area contributed by atoms with Crippen LogP contribution in [0.3, 0.4) is 0 Å². The molecular formula is C91H111ClN4Na4O20S7. The van der Waals surface area contributed by atoms with Crippen LogP contribution >= 0.6 is 25.1 Å². The Morgan fingerprint density at radius 3 is 1.17 bits per heavy atom. The van der Waals surface area contributed by atoms with E-state index in [4.69, 9.17) is 21.4 Å². The second-order valence-corrected chi connectivity index (χ2v) is 42.6. The summed E-state index contributed by atoms with van der Waals surface area (Å²) in [5.41, 5.74) is 14.5. The van der Waals surface area contributed by atoms with Crippen molar-refractivity contribution in [3.05, 3.63) is 260 Å². The van der Waals surface area contributed by atoms with E-state index in [1.165, 1.54) is 24.3 Å². The van der Waals surface area contributed by atoms with Crippen LogP contribution in [0.1, 0.15) is 186 Å². The second kappa shape index (κ2) is 47.9. The van der Waals surface area contributed by atoms with E-state index in [1.807, 2.05) is 111 Å². The van der Waals surface area contributed by atoms with Crippen LogP contribution in [-0.2, 0) is 82.4 Å². The van der Waals surface area contributed by atoms with E-state index in [2.05, 4.69) is 99.0 Å². The largest absolute Gasteiger partial charge is 1.00 e. The summed E-state index contributed by atoms with van der Waals surface area (Å²) >= 11 is 7.11. The number of halogens is 1. The zero-order valence-corrected chi connectivity index (χ0v) is 88.9. The Balaban J connectivity index is 0.000000474. The number of rotatable bonds is 30. The van der Waals surface area contributed by atoms with Crippen LogP contribution in [0.5, 0.6) is 11.5 Å². The molecule has 24 nitrogen and oxygen atoms in total. The summed E-state index contributed by atoms with van der Waals surface area (Å²) in [7, 11) is -26.8. The molecule has 127 heavy (non-hydrogen) atoms. The van der Waals surface area contributed by atoms with Crippen LogP contribution < -0.4 is 133 Å². The molecule has 0 aromatic heterocycles. The molecule has 6 aliphatic rings. The molecule has 1 N–H and O–H groups in total. The topological polar surface area (TPSA) is 385 Å². The normalized spacial score (nSPS) is 18.1. The number of phenols is 1. The van der Waals surface area contributed by atoms with Gasteiger partial charge in [0.2, 0.25) is 11.4 Å². The number of unbranched alkanes of at least 4 members (excludes halogenated alkanes) is 4. The minimum Gasteiger partial charge on any atom is -0.748 e. The van der Waals surface area contributed by atoms with Gasteiger partial charge >= 0.3 is 118 Å². The van der Waals surface area contributed by atoms with Gasteiger partial charge in [-0.2, -0.15) is 22.6 Å². The van der Waals surface area contributed by atoms with Crippen LogP contribution in [0.2, 0.25) is 0 Å². The average Bonchev–Trinajstić information content (AvgIpc) is 1.64. The fourth-order valence-electron chi connectivity index (χ4n) is 16.7. The van der Waals surface area contributed by atoms with Gasteiger partial charge in [-0.1, -0.05) is 137 Å². The number of nitrogens with zero attached hydrogens (tertiary/aromatic N) is 4. The number of phenolic OH excluding ortho intramolecular Hbond substituents is 1. The molecule has 0 spiro atoms. The minimum atomic E-state index is -4.74. The smallest absolute Gasteiger partial charge is 0.748 e. The quantitative estimate of drug-likeness (QED) is 0.0280. The number of benzene rings is 6. The molecule has 6 aromatic carbocycles. The van der Waals surface area contributed by atoms with Crippen molar-refractivity contribution in [2.24, 2.45) is 0 Å². The van der Waals surface area contributed by atoms with E-state index in [-0.39, 0.29) is 180 Å². The zero-order chi connectivity index (χ0) is 88.6. The maximum absolute atomic E-state index is 12.1. The first-order valence-corrected chi connectivity index (χ1v) is 49.8. The number of para-hydroxylation sites is 2. The van der Waals surface area contributed by atoms with Gasteiger partial charge in [0.25, 0.3) is 0 Å². The van der Waals surface area contributed by atoms with Crippen molar-refractivity contribution >= 4 is 120 Å². The Morgan fingerprint density at radius 1 is 0.425 bits per heavy atom. The molecule has 0 fully saturated rings. The van der Waals surface area contributed by atoms with Crippen molar-refractivity contribution in [2.75, 3.05) is 59.0 Å². The van der Waals surface area contributed by atoms with Gasteiger partial charge < -0.3 is 47.0 Å². The molecule has 0 bridgehead atoms. The van der Waals surface area contributed by atoms with Gasteiger partial charge in [0.15, 0.2) is 11.4 Å². The zero-order valence-electron chi connectivity index (χ0n) is 74.2. The van der Waals surface area contributed by atoms with Crippen LogP contribution in [0, 0.1) is 13.8 Å². The molecule has 668 valence electrons. The van der Waals surface area contributed by atoms with Gasteiger partial charge in [0.05, 0.1) is 61.1 Å². The van der Waals surface area contributed by atoms with Gasteiger partial charge in [0.1, 0.15) is 50.6 Å². The summed E-state index contributed by atoms with van der Waals surface area (Å²) in [6.07, 6.45) is 23.4. The van der Waals surface area contributed by atoms with Crippen LogP contribution in [-0.4, -0.2) is 153 Å².